The number of hydrazine groups is 1. The van der Waals surface area contributed by atoms with Crippen molar-refractivity contribution in [3.05, 3.63) is 59.4 Å². The molecule has 148 valence electrons. The van der Waals surface area contributed by atoms with Gasteiger partial charge >= 0.3 is 0 Å². The molecule has 1 aromatic heterocycles. The van der Waals surface area contributed by atoms with Gasteiger partial charge in [0.25, 0.3) is 0 Å². The summed E-state index contributed by atoms with van der Waals surface area (Å²) in [7, 11) is 1.65. The molecule has 2 N–H and O–H groups in total. The zero-order chi connectivity index (χ0) is 19.5. The maximum absolute atomic E-state index is 13.2. The number of nitrogens with zero attached hydrogens (tertiary/aromatic N) is 2. The average Bonchev–Trinajstić information content (AvgIpc) is 3.38. The second kappa shape index (κ2) is 8.29. The van der Waals surface area contributed by atoms with Crippen LogP contribution < -0.4 is 15.6 Å². The molecule has 3 atom stereocenters. The predicted molar refractivity (Wildman–Crippen MR) is 108 cm³/mol. The van der Waals surface area contributed by atoms with Gasteiger partial charge in [-0.3, -0.25) is 20.6 Å². The van der Waals surface area contributed by atoms with Crippen molar-refractivity contribution in [1.82, 2.24) is 20.7 Å². The highest BCUT2D eigenvalue weighted by Crippen LogP contribution is 2.33. The van der Waals surface area contributed by atoms with E-state index in [0.29, 0.717) is 12.3 Å². The van der Waals surface area contributed by atoms with E-state index in [2.05, 4.69) is 33.7 Å². The van der Waals surface area contributed by atoms with Crippen LogP contribution in [0.25, 0.3) is 0 Å². The number of benzene rings is 1. The van der Waals surface area contributed by atoms with Crippen molar-refractivity contribution in [3.8, 4) is 5.75 Å². The van der Waals surface area contributed by atoms with E-state index in [9.17, 15) is 4.79 Å². The number of para-hydroxylation sites is 1. The first-order valence-corrected chi connectivity index (χ1v) is 9.99. The number of carbonyl (C=O) groups excluding carboxylic acids is 1. The SMILES string of the molecule is COc1ccccc1CC(=O)N1CCCC1C1NNCC1c1ccncc1C. The Hall–Kier alpha value is -2.44. The monoisotopic (exact) mass is 380 g/mol. The van der Waals surface area contributed by atoms with E-state index in [1.54, 1.807) is 7.11 Å². The van der Waals surface area contributed by atoms with Crippen LogP contribution in [-0.2, 0) is 11.2 Å². The Morgan fingerprint density at radius 3 is 3.00 bits per heavy atom. The van der Waals surface area contributed by atoms with Crippen LogP contribution in [0.4, 0.5) is 0 Å². The predicted octanol–water partition coefficient (Wildman–Crippen LogP) is 2.19. The third-order valence-electron chi connectivity index (χ3n) is 6.06. The Balaban J connectivity index is 1.53. The summed E-state index contributed by atoms with van der Waals surface area (Å²) in [6.07, 6.45) is 6.22. The average molecular weight is 380 g/mol. The number of aromatic nitrogens is 1. The van der Waals surface area contributed by atoms with Crippen molar-refractivity contribution in [2.24, 2.45) is 0 Å². The lowest BCUT2D eigenvalue weighted by molar-refractivity contribution is -0.131. The molecule has 0 radical (unpaired) electrons. The minimum atomic E-state index is 0.172. The third kappa shape index (κ3) is 3.62. The van der Waals surface area contributed by atoms with E-state index in [4.69, 9.17) is 4.74 Å². The van der Waals surface area contributed by atoms with Crippen molar-refractivity contribution < 1.29 is 9.53 Å². The number of aryl methyl sites for hydroxylation is 1. The van der Waals surface area contributed by atoms with Gasteiger partial charge in [-0.15, -0.1) is 0 Å². The quantitative estimate of drug-likeness (QED) is 0.832. The molecule has 1 aromatic carbocycles. The van der Waals surface area contributed by atoms with Crippen molar-refractivity contribution >= 4 is 5.91 Å². The Morgan fingerprint density at radius 2 is 2.18 bits per heavy atom. The van der Waals surface area contributed by atoms with Crippen LogP contribution in [0.3, 0.4) is 0 Å². The molecule has 0 saturated carbocycles. The molecule has 2 aliphatic heterocycles. The van der Waals surface area contributed by atoms with Crippen LogP contribution in [0.15, 0.2) is 42.7 Å². The number of carbonyl (C=O) groups is 1. The number of likely N-dealkylation sites (tertiary alicyclic amines) is 1. The van der Waals surface area contributed by atoms with Crippen LogP contribution >= 0.6 is 0 Å². The first kappa shape index (κ1) is 18.9. The number of ether oxygens (including phenoxy) is 1. The molecule has 2 aliphatic rings. The molecule has 6 nitrogen and oxygen atoms in total. The zero-order valence-corrected chi connectivity index (χ0v) is 16.5. The molecule has 0 spiro atoms. The second-order valence-corrected chi connectivity index (χ2v) is 7.68. The number of rotatable bonds is 5. The van der Waals surface area contributed by atoms with Gasteiger partial charge in [0, 0.05) is 49.0 Å². The molecule has 1 amide bonds. The number of nitrogens with one attached hydrogen (secondary N) is 2. The largest absolute Gasteiger partial charge is 0.496 e. The molecule has 6 heteroatoms. The highest BCUT2D eigenvalue weighted by Gasteiger charge is 2.41. The number of hydrogen-bond acceptors (Lipinski definition) is 5. The van der Waals surface area contributed by atoms with Gasteiger partial charge in [0.2, 0.25) is 5.91 Å². The summed E-state index contributed by atoms with van der Waals surface area (Å²) in [4.78, 5) is 19.5. The maximum Gasteiger partial charge on any atom is 0.227 e. The van der Waals surface area contributed by atoms with Crippen LogP contribution in [0.5, 0.6) is 5.75 Å². The van der Waals surface area contributed by atoms with E-state index in [1.807, 2.05) is 36.7 Å². The molecule has 0 aliphatic carbocycles. The van der Waals surface area contributed by atoms with E-state index < -0.39 is 0 Å². The van der Waals surface area contributed by atoms with Gasteiger partial charge < -0.3 is 9.64 Å². The van der Waals surface area contributed by atoms with Gasteiger partial charge in [0.1, 0.15) is 5.75 Å². The highest BCUT2D eigenvalue weighted by atomic mass is 16.5. The van der Waals surface area contributed by atoms with Gasteiger partial charge in [0.05, 0.1) is 13.5 Å². The Bertz CT molecular complexity index is 841. The number of methoxy groups -OCH3 is 1. The summed E-state index contributed by atoms with van der Waals surface area (Å²) in [5.74, 6) is 1.27. The Kier molecular flexibility index (Phi) is 5.59. The van der Waals surface area contributed by atoms with E-state index in [-0.39, 0.29) is 18.0 Å². The minimum absolute atomic E-state index is 0.172. The van der Waals surface area contributed by atoms with Crippen molar-refractivity contribution in [2.75, 3.05) is 20.2 Å². The van der Waals surface area contributed by atoms with E-state index in [1.165, 1.54) is 11.1 Å². The summed E-state index contributed by atoms with van der Waals surface area (Å²) in [5.41, 5.74) is 10.2. The molecule has 2 fully saturated rings. The Labute approximate surface area is 166 Å². The fourth-order valence-corrected chi connectivity index (χ4v) is 4.67. The molecular formula is C22H28N4O2. The molecule has 3 unspecified atom stereocenters. The van der Waals surface area contributed by atoms with Crippen LogP contribution in [0.1, 0.15) is 35.4 Å². The Morgan fingerprint density at radius 1 is 1.32 bits per heavy atom. The van der Waals surface area contributed by atoms with Crippen molar-refractivity contribution in [1.29, 1.82) is 0 Å². The molecule has 2 aromatic rings. The second-order valence-electron chi connectivity index (χ2n) is 7.68. The molecule has 0 bridgehead atoms. The van der Waals surface area contributed by atoms with Gasteiger partial charge in [-0.1, -0.05) is 18.2 Å². The van der Waals surface area contributed by atoms with Gasteiger partial charge in [-0.05, 0) is 43.0 Å². The third-order valence-corrected chi connectivity index (χ3v) is 6.06. The first-order chi connectivity index (χ1) is 13.7. The molecule has 4 rings (SSSR count). The lowest BCUT2D eigenvalue weighted by Crippen LogP contribution is -2.50. The fourth-order valence-electron chi connectivity index (χ4n) is 4.67. The van der Waals surface area contributed by atoms with Crippen molar-refractivity contribution in [2.45, 2.75) is 44.2 Å². The van der Waals surface area contributed by atoms with E-state index >= 15 is 0 Å². The van der Waals surface area contributed by atoms with Gasteiger partial charge in [-0.25, -0.2) is 0 Å². The summed E-state index contributed by atoms with van der Waals surface area (Å²) in [6.45, 7) is 3.79. The lowest BCUT2D eigenvalue weighted by Gasteiger charge is -2.33. The summed E-state index contributed by atoms with van der Waals surface area (Å²) in [5, 5.41) is 0. The molecule has 3 heterocycles. The number of pyridine rings is 1. The van der Waals surface area contributed by atoms with Gasteiger partial charge in [-0.2, -0.15) is 0 Å². The number of amides is 1. The highest BCUT2D eigenvalue weighted by molar-refractivity contribution is 5.80. The van der Waals surface area contributed by atoms with Gasteiger partial charge in [0.15, 0.2) is 0 Å². The summed E-state index contributed by atoms with van der Waals surface area (Å²) >= 11 is 0. The van der Waals surface area contributed by atoms with Crippen LogP contribution in [0.2, 0.25) is 0 Å². The maximum atomic E-state index is 13.2. The standard InChI is InChI=1S/C22H28N4O2/c1-15-13-23-10-9-17(15)18-14-24-25-22(18)19-7-5-11-26(19)21(27)12-16-6-3-4-8-20(16)28-2/h3-4,6,8-10,13,18-19,22,24-25H,5,7,11-12,14H2,1-2H3. The number of hydrogen-bond donors (Lipinski definition) is 2. The first-order valence-electron chi connectivity index (χ1n) is 9.99. The van der Waals surface area contributed by atoms with E-state index in [0.717, 1.165) is 37.2 Å². The summed E-state index contributed by atoms with van der Waals surface area (Å²) < 4.78 is 5.42. The van der Waals surface area contributed by atoms with Crippen LogP contribution in [-0.4, -0.2) is 48.1 Å². The lowest BCUT2D eigenvalue weighted by atomic mass is 9.86. The van der Waals surface area contributed by atoms with Crippen LogP contribution in [0, 0.1) is 6.92 Å². The fraction of sp³-hybridized carbons (Fsp3) is 0.455. The van der Waals surface area contributed by atoms with Crippen molar-refractivity contribution in [3.63, 3.8) is 0 Å². The molecule has 2 saturated heterocycles. The normalized spacial score (nSPS) is 24.5. The zero-order valence-electron chi connectivity index (χ0n) is 16.5. The minimum Gasteiger partial charge on any atom is -0.496 e. The smallest absolute Gasteiger partial charge is 0.227 e. The molecular weight excluding hydrogens is 352 g/mol. The topological polar surface area (TPSA) is 66.5 Å². The molecule has 28 heavy (non-hydrogen) atoms. The summed E-state index contributed by atoms with van der Waals surface area (Å²) in [6, 6.07) is 10.3.